The van der Waals surface area contributed by atoms with Gasteiger partial charge in [0.05, 0.1) is 0 Å². The first-order valence-corrected chi connectivity index (χ1v) is 18.0. The Morgan fingerprint density at radius 3 is 1.22 bits per heavy atom. The van der Waals surface area contributed by atoms with E-state index in [0.29, 0.717) is 34.4 Å². The summed E-state index contributed by atoms with van der Waals surface area (Å²) in [6.45, 7) is 0. The third kappa shape index (κ3) is 4.46. The third-order valence-corrected chi connectivity index (χ3v) is 12.5. The molecule has 0 N–H and O–H groups in total. The molecule has 0 aromatic heterocycles. The van der Waals surface area contributed by atoms with Crippen LogP contribution in [0.4, 0.5) is 11.4 Å². The number of rotatable bonds is 0. The number of nitrogens with zero attached hydrogens (tertiary/aromatic N) is 2. The molecule has 7 heteroatoms. The zero-order valence-electron chi connectivity index (χ0n) is 21.7. The van der Waals surface area contributed by atoms with Crippen molar-refractivity contribution in [2.24, 2.45) is 9.98 Å². The summed E-state index contributed by atoms with van der Waals surface area (Å²) in [6.07, 6.45) is 3.59. The maximum atomic E-state index is 6.90. The second-order valence-electron chi connectivity index (χ2n) is 9.83. The summed E-state index contributed by atoms with van der Waals surface area (Å²) in [5, 5.41) is 4.13. The summed E-state index contributed by atoms with van der Waals surface area (Å²) >= 11 is -5.19. The van der Waals surface area contributed by atoms with E-state index >= 15 is 0 Å². The van der Waals surface area contributed by atoms with E-state index in [2.05, 4.69) is 12.1 Å². The zero-order chi connectivity index (χ0) is 27.2. The first-order chi connectivity index (χ1) is 20.2. The molecule has 2 aliphatic heterocycles. The molecule has 6 nitrogen and oxygen atoms in total. The van der Waals surface area contributed by atoms with Crippen LogP contribution in [0.3, 0.4) is 0 Å². The fraction of sp³-hybridized carbons (Fsp3) is 0. The molecule has 8 rings (SSSR count). The number of fused-ring (bicyclic) bond motifs is 6. The molecule has 1 spiro atoms. The molecule has 2 heterocycles. The van der Waals surface area contributed by atoms with Crippen molar-refractivity contribution in [1.82, 2.24) is 0 Å². The molecule has 0 atom stereocenters. The van der Waals surface area contributed by atoms with Crippen LogP contribution >= 0.6 is 0 Å². The molecule has 0 amide bonds. The average Bonchev–Trinajstić information content (AvgIpc) is 3.10. The van der Waals surface area contributed by atoms with Gasteiger partial charge in [0, 0.05) is 0 Å². The van der Waals surface area contributed by atoms with Crippen LogP contribution in [-0.4, -0.2) is 32.5 Å². The van der Waals surface area contributed by atoms with Gasteiger partial charge in [-0.05, 0) is 0 Å². The number of para-hydroxylation sites is 2. The molecule has 2 aliphatic rings. The van der Waals surface area contributed by atoms with Crippen LogP contribution in [0.1, 0.15) is 11.1 Å². The van der Waals surface area contributed by atoms with E-state index in [1.54, 1.807) is 12.4 Å². The molecule has 0 saturated carbocycles. The van der Waals surface area contributed by atoms with E-state index in [0.717, 1.165) is 32.7 Å². The summed E-state index contributed by atoms with van der Waals surface area (Å²) in [7, 11) is 0. The SMILES string of the molecule is C1=Nc2cc3ccccc3cc2[O][Sn]2([O]c3ccccc31)[O]c1ccccc1C=Nc1cc3ccccc3cc1[O]2. The molecule has 0 radical (unpaired) electrons. The van der Waals surface area contributed by atoms with Crippen molar-refractivity contribution in [2.45, 2.75) is 0 Å². The predicted molar refractivity (Wildman–Crippen MR) is 164 cm³/mol. The molecule has 6 aromatic rings. The predicted octanol–water partition coefficient (Wildman–Crippen LogP) is 8.17. The van der Waals surface area contributed by atoms with E-state index < -0.39 is 20.0 Å². The van der Waals surface area contributed by atoms with Crippen LogP contribution in [0.5, 0.6) is 23.0 Å². The zero-order valence-corrected chi connectivity index (χ0v) is 24.6. The second kappa shape index (κ2) is 9.67. The van der Waals surface area contributed by atoms with Gasteiger partial charge < -0.3 is 0 Å². The number of hydrogen-bond acceptors (Lipinski definition) is 6. The van der Waals surface area contributed by atoms with E-state index in [4.69, 9.17) is 22.3 Å². The molecular formula is C34H22N2O4Sn. The van der Waals surface area contributed by atoms with Crippen LogP contribution in [0.2, 0.25) is 0 Å². The van der Waals surface area contributed by atoms with Crippen molar-refractivity contribution in [3.8, 4) is 23.0 Å². The van der Waals surface area contributed by atoms with Crippen molar-refractivity contribution in [2.75, 3.05) is 0 Å². The fourth-order valence-corrected chi connectivity index (χ4v) is 10.9. The molecule has 6 aromatic carbocycles. The Morgan fingerprint density at radius 2 is 0.756 bits per heavy atom. The summed E-state index contributed by atoms with van der Waals surface area (Å²) in [4.78, 5) is 9.67. The van der Waals surface area contributed by atoms with Crippen molar-refractivity contribution in [3.63, 3.8) is 0 Å². The maximum absolute atomic E-state index is 6.90. The van der Waals surface area contributed by atoms with E-state index in [1.165, 1.54) is 0 Å². The van der Waals surface area contributed by atoms with Crippen molar-refractivity contribution < 1.29 is 12.3 Å². The van der Waals surface area contributed by atoms with Crippen LogP contribution in [0.15, 0.2) is 131 Å². The van der Waals surface area contributed by atoms with Gasteiger partial charge in [-0.15, -0.1) is 0 Å². The Balaban J connectivity index is 1.40. The first kappa shape index (κ1) is 24.0. The van der Waals surface area contributed by atoms with Gasteiger partial charge in [-0.3, -0.25) is 0 Å². The summed E-state index contributed by atoms with van der Waals surface area (Å²) < 4.78 is 27.5. The molecule has 0 saturated heterocycles. The van der Waals surface area contributed by atoms with Gasteiger partial charge in [0.25, 0.3) is 0 Å². The number of aliphatic imine (C=N–C) groups is 2. The minimum atomic E-state index is -5.19. The Morgan fingerprint density at radius 1 is 0.390 bits per heavy atom. The molecular weight excluding hydrogens is 619 g/mol. The quantitative estimate of drug-likeness (QED) is 0.157. The first-order valence-electron chi connectivity index (χ1n) is 13.3. The van der Waals surface area contributed by atoms with Gasteiger partial charge in [0.15, 0.2) is 0 Å². The van der Waals surface area contributed by atoms with Crippen LogP contribution in [0.25, 0.3) is 21.5 Å². The van der Waals surface area contributed by atoms with Gasteiger partial charge in [-0.2, -0.15) is 0 Å². The Hall–Kier alpha value is -4.82. The van der Waals surface area contributed by atoms with Crippen molar-refractivity contribution in [1.29, 1.82) is 0 Å². The molecule has 0 bridgehead atoms. The van der Waals surface area contributed by atoms with Gasteiger partial charge in [-0.1, -0.05) is 0 Å². The van der Waals surface area contributed by atoms with E-state index in [9.17, 15) is 0 Å². The van der Waals surface area contributed by atoms with Gasteiger partial charge in [0.1, 0.15) is 0 Å². The van der Waals surface area contributed by atoms with Crippen molar-refractivity contribution >= 4 is 65.4 Å². The molecule has 0 unspecified atom stereocenters. The van der Waals surface area contributed by atoms with E-state index in [1.807, 2.05) is 109 Å². The van der Waals surface area contributed by atoms with Crippen LogP contribution < -0.4 is 12.3 Å². The van der Waals surface area contributed by atoms with Gasteiger partial charge in [-0.25, -0.2) is 0 Å². The van der Waals surface area contributed by atoms with E-state index in [-0.39, 0.29) is 0 Å². The molecule has 0 fully saturated rings. The van der Waals surface area contributed by atoms with Crippen LogP contribution in [0, 0.1) is 0 Å². The minimum absolute atomic E-state index is 0.531. The topological polar surface area (TPSA) is 61.6 Å². The number of benzene rings is 6. The summed E-state index contributed by atoms with van der Waals surface area (Å²) in [5.41, 5.74) is 2.91. The molecule has 41 heavy (non-hydrogen) atoms. The standard InChI is InChI=1S/2C17H13NO2.Sn/c2*19-16-8-4-3-7-14(16)11-18-15-9-12-5-1-2-6-13(12)10-17(15)20;/h2*1-11,19-20H;/q;;+4/p-4. The fourth-order valence-electron chi connectivity index (χ4n) is 5.08. The molecule has 196 valence electrons. The Bertz CT molecular complexity index is 1890. The number of hydrogen-bond donors (Lipinski definition) is 0. The third-order valence-electron chi connectivity index (χ3n) is 7.12. The Kier molecular flexibility index (Phi) is 5.67. The molecule has 0 aliphatic carbocycles. The Labute approximate surface area is 242 Å². The van der Waals surface area contributed by atoms with Crippen molar-refractivity contribution in [3.05, 3.63) is 132 Å². The second-order valence-corrected chi connectivity index (χ2v) is 15.0. The monoisotopic (exact) mass is 642 g/mol. The van der Waals surface area contributed by atoms with Gasteiger partial charge in [0.2, 0.25) is 0 Å². The summed E-state index contributed by atoms with van der Waals surface area (Å²) in [6, 6.07) is 39.6. The average molecular weight is 641 g/mol. The van der Waals surface area contributed by atoms with Gasteiger partial charge >= 0.3 is 243 Å². The normalized spacial score (nSPS) is 17.0. The van der Waals surface area contributed by atoms with Crippen LogP contribution in [-0.2, 0) is 0 Å². The summed E-state index contributed by atoms with van der Waals surface area (Å²) in [5.74, 6) is 2.21.